The highest BCUT2D eigenvalue weighted by Crippen LogP contribution is 2.28. The predicted octanol–water partition coefficient (Wildman–Crippen LogP) is 1.17. The monoisotopic (exact) mass is 262 g/mol. The second kappa shape index (κ2) is 5.23. The van der Waals surface area contributed by atoms with Gasteiger partial charge in [0.05, 0.1) is 11.1 Å². The highest BCUT2D eigenvalue weighted by molar-refractivity contribution is 5.44. The van der Waals surface area contributed by atoms with Crippen LogP contribution in [0.1, 0.15) is 5.69 Å². The molecule has 0 saturated heterocycles. The van der Waals surface area contributed by atoms with Gasteiger partial charge in [0.1, 0.15) is 11.9 Å². The molecule has 0 saturated carbocycles. The second-order valence-electron chi connectivity index (χ2n) is 3.52. The summed E-state index contributed by atoms with van der Waals surface area (Å²) in [7, 11) is 0. The number of aryl methyl sites for hydroxylation is 1. The molecule has 0 atom stereocenters. The number of ether oxygens (including phenoxy) is 1. The molecule has 2 aromatic rings. The van der Waals surface area contributed by atoms with Gasteiger partial charge >= 0.3 is 11.6 Å². The van der Waals surface area contributed by atoms with Crippen molar-refractivity contribution in [1.29, 1.82) is 0 Å². The van der Waals surface area contributed by atoms with Crippen LogP contribution in [0.3, 0.4) is 0 Å². The van der Waals surface area contributed by atoms with E-state index < -0.39 is 4.92 Å². The van der Waals surface area contributed by atoms with Gasteiger partial charge in [0.15, 0.2) is 0 Å². The Morgan fingerprint density at radius 1 is 1.37 bits per heavy atom. The maximum absolute atomic E-state index is 10.8. The first-order valence-corrected chi connectivity index (χ1v) is 5.18. The number of hydrogen-bond donors (Lipinski definition) is 2. The van der Waals surface area contributed by atoms with Crippen LogP contribution < -0.4 is 16.0 Å². The molecule has 9 nitrogen and oxygen atoms in total. The Morgan fingerprint density at radius 3 is 2.74 bits per heavy atom. The van der Waals surface area contributed by atoms with E-state index >= 15 is 0 Å². The summed E-state index contributed by atoms with van der Waals surface area (Å²) in [5, 5.41) is 10.8. The zero-order valence-electron chi connectivity index (χ0n) is 9.90. The molecule has 0 radical (unpaired) electrons. The van der Waals surface area contributed by atoms with Crippen LogP contribution in [0.4, 0.5) is 11.6 Å². The normalized spacial score (nSPS) is 10.0. The lowest BCUT2D eigenvalue weighted by atomic mass is 10.4. The third kappa shape index (κ3) is 2.90. The Bertz CT molecular complexity index is 601. The number of pyridine rings is 1. The van der Waals surface area contributed by atoms with Crippen LogP contribution in [-0.4, -0.2) is 19.9 Å². The van der Waals surface area contributed by atoms with E-state index in [2.05, 4.69) is 20.4 Å². The summed E-state index contributed by atoms with van der Waals surface area (Å²) >= 11 is 0. The molecular weight excluding hydrogens is 252 g/mol. The van der Waals surface area contributed by atoms with Gasteiger partial charge in [0.2, 0.25) is 5.95 Å². The topological polar surface area (TPSA) is 129 Å². The summed E-state index contributed by atoms with van der Waals surface area (Å²) in [6.45, 7) is 1.81. The molecule has 2 rings (SSSR count). The predicted molar refractivity (Wildman–Crippen MR) is 65.5 cm³/mol. The number of nitrogens with two attached hydrogens (primary N) is 1. The molecule has 0 spiro atoms. The summed E-state index contributed by atoms with van der Waals surface area (Å²) < 4.78 is 5.32. The molecule has 19 heavy (non-hydrogen) atoms. The second-order valence-corrected chi connectivity index (χ2v) is 3.52. The van der Waals surface area contributed by atoms with E-state index in [4.69, 9.17) is 10.6 Å². The average molecular weight is 262 g/mol. The Kier molecular flexibility index (Phi) is 3.48. The molecule has 0 fully saturated rings. The number of anilines is 1. The summed E-state index contributed by atoms with van der Waals surface area (Å²) in [6, 6.07) is 3.34. The number of nitrogens with one attached hydrogen (secondary N) is 1. The fraction of sp³-hybridized carbons (Fsp3) is 0.100. The minimum Gasteiger partial charge on any atom is -0.432 e. The lowest BCUT2D eigenvalue weighted by molar-refractivity contribution is -0.386. The van der Waals surface area contributed by atoms with E-state index in [1.807, 2.05) is 6.92 Å². The van der Waals surface area contributed by atoms with E-state index in [0.717, 1.165) is 11.9 Å². The first kappa shape index (κ1) is 12.6. The highest BCUT2D eigenvalue weighted by Gasteiger charge is 2.19. The maximum atomic E-state index is 10.8. The largest absolute Gasteiger partial charge is 0.432 e. The zero-order valence-corrected chi connectivity index (χ0v) is 9.90. The molecule has 0 amide bonds. The van der Waals surface area contributed by atoms with Gasteiger partial charge in [-0.25, -0.2) is 10.8 Å². The Hall–Kier alpha value is -2.81. The highest BCUT2D eigenvalue weighted by atomic mass is 16.6. The lowest BCUT2D eigenvalue weighted by Crippen LogP contribution is -2.11. The van der Waals surface area contributed by atoms with Gasteiger partial charge in [0, 0.05) is 5.69 Å². The lowest BCUT2D eigenvalue weighted by Gasteiger charge is -2.06. The van der Waals surface area contributed by atoms with Crippen molar-refractivity contribution < 1.29 is 9.66 Å². The van der Waals surface area contributed by atoms with Crippen LogP contribution in [0.25, 0.3) is 0 Å². The Morgan fingerprint density at radius 2 is 2.16 bits per heavy atom. The number of nitrogen functional groups attached to an aromatic ring is 1. The van der Waals surface area contributed by atoms with Crippen molar-refractivity contribution in [3.8, 4) is 11.6 Å². The number of hydrogen-bond acceptors (Lipinski definition) is 8. The first-order valence-electron chi connectivity index (χ1n) is 5.18. The Balaban J connectivity index is 2.36. The Labute approximate surface area is 107 Å². The van der Waals surface area contributed by atoms with Crippen molar-refractivity contribution in [2.45, 2.75) is 6.92 Å². The fourth-order valence-corrected chi connectivity index (χ4v) is 1.26. The van der Waals surface area contributed by atoms with Crippen LogP contribution in [-0.2, 0) is 0 Å². The van der Waals surface area contributed by atoms with Crippen LogP contribution in [0.15, 0.2) is 24.5 Å². The molecule has 0 aliphatic carbocycles. The summed E-state index contributed by atoms with van der Waals surface area (Å²) in [6.07, 6.45) is 2.45. The van der Waals surface area contributed by atoms with E-state index in [-0.39, 0.29) is 17.5 Å². The summed E-state index contributed by atoms with van der Waals surface area (Å²) in [5.74, 6) is 5.28. The van der Waals surface area contributed by atoms with E-state index in [9.17, 15) is 10.1 Å². The molecule has 98 valence electrons. The van der Waals surface area contributed by atoms with Crippen molar-refractivity contribution in [3.05, 3.63) is 40.3 Å². The zero-order chi connectivity index (χ0) is 13.8. The van der Waals surface area contributed by atoms with Crippen LogP contribution in [0, 0.1) is 17.0 Å². The van der Waals surface area contributed by atoms with Gasteiger partial charge in [-0.1, -0.05) is 0 Å². The van der Waals surface area contributed by atoms with Gasteiger partial charge in [-0.15, -0.1) is 0 Å². The number of nitrogens with zero attached hydrogens (tertiary/aromatic N) is 4. The molecular formula is C10H10N6O3. The quantitative estimate of drug-likeness (QED) is 0.477. The maximum Gasteiger partial charge on any atom is 0.349 e. The number of hydrazine groups is 1. The van der Waals surface area contributed by atoms with Gasteiger partial charge < -0.3 is 4.74 Å². The fourth-order valence-electron chi connectivity index (χ4n) is 1.26. The summed E-state index contributed by atoms with van der Waals surface area (Å²) in [4.78, 5) is 21.7. The standard InChI is InChI=1S/C10H10N6O3/c1-6-2-3-7(4-12-6)19-9-8(16(17)18)5-13-10(14-9)15-11/h2-5H,11H2,1H3,(H,13,14,15). The van der Waals surface area contributed by atoms with Gasteiger partial charge in [-0.05, 0) is 19.1 Å². The van der Waals surface area contributed by atoms with Gasteiger partial charge in [-0.3, -0.25) is 20.5 Å². The molecule has 9 heteroatoms. The van der Waals surface area contributed by atoms with Crippen molar-refractivity contribution >= 4 is 11.6 Å². The van der Waals surface area contributed by atoms with Crippen molar-refractivity contribution in [2.24, 2.45) is 5.84 Å². The summed E-state index contributed by atoms with van der Waals surface area (Å²) in [5.41, 5.74) is 2.63. The molecule has 0 aromatic carbocycles. The molecule has 0 aliphatic heterocycles. The molecule has 0 aliphatic rings. The van der Waals surface area contributed by atoms with Crippen molar-refractivity contribution in [1.82, 2.24) is 15.0 Å². The van der Waals surface area contributed by atoms with Crippen molar-refractivity contribution in [3.63, 3.8) is 0 Å². The number of nitro groups is 1. The molecule has 2 heterocycles. The number of aromatic nitrogens is 3. The molecule has 3 N–H and O–H groups in total. The molecule has 0 unspecified atom stereocenters. The van der Waals surface area contributed by atoms with E-state index in [1.54, 1.807) is 12.1 Å². The SMILES string of the molecule is Cc1ccc(Oc2nc(NN)ncc2[N+](=O)[O-])cn1. The van der Waals surface area contributed by atoms with E-state index in [1.165, 1.54) is 6.20 Å². The third-order valence-corrected chi connectivity index (χ3v) is 2.16. The minimum atomic E-state index is -0.642. The minimum absolute atomic E-state index is 0.0145. The van der Waals surface area contributed by atoms with Gasteiger partial charge in [0.25, 0.3) is 0 Å². The molecule has 0 bridgehead atoms. The van der Waals surface area contributed by atoms with Crippen LogP contribution in [0.5, 0.6) is 11.6 Å². The average Bonchev–Trinajstić information content (AvgIpc) is 2.41. The van der Waals surface area contributed by atoms with Crippen molar-refractivity contribution in [2.75, 3.05) is 5.43 Å². The van der Waals surface area contributed by atoms with Gasteiger partial charge in [-0.2, -0.15) is 4.98 Å². The number of rotatable bonds is 4. The first-order chi connectivity index (χ1) is 9.10. The van der Waals surface area contributed by atoms with Crippen LogP contribution >= 0.6 is 0 Å². The third-order valence-electron chi connectivity index (χ3n) is 2.16. The van der Waals surface area contributed by atoms with E-state index in [0.29, 0.717) is 5.75 Å². The smallest absolute Gasteiger partial charge is 0.349 e. The van der Waals surface area contributed by atoms with Crippen LogP contribution in [0.2, 0.25) is 0 Å². The molecule has 2 aromatic heterocycles.